The van der Waals surface area contributed by atoms with Gasteiger partial charge in [0.05, 0.1) is 23.6 Å². The van der Waals surface area contributed by atoms with Crippen molar-refractivity contribution in [3.05, 3.63) is 69.3 Å². The van der Waals surface area contributed by atoms with Crippen LogP contribution in [-0.4, -0.2) is 18.0 Å². The third-order valence-corrected chi connectivity index (χ3v) is 5.70. The first-order valence-electron chi connectivity index (χ1n) is 9.48. The molecule has 3 unspecified atom stereocenters. The van der Waals surface area contributed by atoms with Gasteiger partial charge in [0.15, 0.2) is 11.5 Å². The fourth-order valence-corrected chi connectivity index (χ4v) is 4.44. The summed E-state index contributed by atoms with van der Waals surface area (Å²) in [5.41, 5.74) is 3.68. The number of nitro groups is 1. The molecule has 7 heteroatoms. The van der Waals surface area contributed by atoms with Crippen LogP contribution in [0, 0.1) is 23.0 Å². The highest BCUT2D eigenvalue weighted by atomic mass is 16.6. The maximum atomic E-state index is 11.6. The van der Waals surface area contributed by atoms with Crippen molar-refractivity contribution < 1.29 is 19.2 Å². The number of ether oxygens (including phenoxy) is 2. The van der Waals surface area contributed by atoms with Crippen LogP contribution in [0.5, 0.6) is 11.5 Å². The third kappa shape index (κ3) is 3.22. The van der Waals surface area contributed by atoms with Crippen LogP contribution in [0.1, 0.15) is 42.0 Å². The molecule has 0 amide bonds. The van der Waals surface area contributed by atoms with E-state index in [2.05, 4.69) is 17.5 Å². The first-order valence-corrected chi connectivity index (χ1v) is 9.48. The smallest absolute Gasteiger partial charge is 0.308 e. The summed E-state index contributed by atoms with van der Waals surface area (Å²) in [5, 5.41) is 15.2. The normalized spacial score (nSPS) is 21.7. The van der Waals surface area contributed by atoms with Crippen molar-refractivity contribution in [3.8, 4) is 11.5 Å². The second-order valence-electron chi connectivity index (χ2n) is 7.43. The van der Waals surface area contributed by atoms with E-state index in [4.69, 9.17) is 9.47 Å². The van der Waals surface area contributed by atoms with Gasteiger partial charge in [-0.3, -0.25) is 14.9 Å². The summed E-state index contributed by atoms with van der Waals surface area (Å²) in [4.78, 5) is 22.6. The summed E-state index contributed by atoms with van der Waals surface area (Å²) in [6.07, 6.45) is 4.99. The van der Waals surface area contributed by atoms with Gasteiger partial charge in [0.2, 0.25) is 0 Å². The quantitative estimate of drug-likeness (QED) is 0.267. The van der Waals surface area contributed by atoms with Gasteiger partial charge >= 0.3 is 5.97 Å². The molecule has 150 valence electrons. The van der Waals surface area contributed by atoms with Crippen LogP contribution >= 0.6 is 0 Å². The molecule has 2 aliphatic rings. The van der Waals surface area contributed by atoms with Gasteiger partial charge in [-0.1, -0.05) is 24.3 Å². The second kappa shape index (κ2) is 7.24. The van der Waals surface area contributed by atoms with Gasteiger partial charge in [-0.05, 0) is 42.5 Å². The zero-order valence-electron chi connectivity index (χ0n) is 16.5. The van der Waals surface area contributed by atoms with Crippen molar-refractivity contribution in [1.82, 2.24) is 0 Å². The Hall–Kier alpha value is -3.35. The lowest BCUT2D eigenvalue weighted by Gasteiger charge is -2.38. The largest absolute Gasteiger partial charge is 0.493 e. The lowest BCUT2D eigenvalue weighted by Crippen LogP contribution is -2.30. The highest BCUT2D eigenvalue weighted by Crippen LogP contribution is 2.53. The zero-order chi connectivity index (χ0) is 20.7. The Kier molecular flexibility index (Phi) is 4.74. The molecule has 1 N–H and O–H groups in total. The lowest BCUT2D eigenvalue weighted by molar-refractivity contribution is -0.385. The van der Waals surface area contributed by atoms with Crippen molar-refractivity contribution in [2.45, 2.75) is 32.2 Å². The summed E-state index contributed by atoms with van der Waals surface area (Å²) in [6, 6.07) is 8.82. The van der Waals surface area contributed by atoms with E-state index in [1.54, 1.807) is 18.2 Å². The fourth-order valence-electron chi connectivity index (χ4n) is 4.44. The molecule has 0 saturated carbocycles. The molecule has 0 aromatic heterocycles. The number of benzene rings is 2. The Labute approximate surface area is 168 Å². The number of methoxy groups -OCH3 is 1. The van der Waals surface area contributed by atoms with Gasteiger partial charge in [-0.2, -0.15) is 0 Å². The number of carbonyl (C=O) groups excluding carboxylic acids is 1. The van der Waals surface area contributed by atoms with Crippen molar-refractivity contribution >= 4 is 17.3 Å². The number of nitro benzene ring substituents is 1. The summed E-state index contributed by atoms with van der Waals surface area (Å²) in [7, 11) is 1.53. The van der Waals surface area contributed by atoms with Crippen LogP contribution < -0.4 is 14.8 Å². The molecule has 0 bridgehead atoms. The first kappa shape index (κ1) is 19.0. The van der Waals surface area contributed by atoms with Gasteiger partial charge < -0.3 is 14.8 Å². The molecule has 0 spiro atoms. The number of hydrogen-bond acceptors (Lipinski definition) is 6. The van der Waals surface area contributed by atoms with Crippen LogP contribution in [0.3, 0.4) is 0 Å². The molecule has 2 aromatic carbocycles. The summed E-state index contributed by atoms with van der Waals surface area (Å²) >= 11 is 0. The van der Waals surface area contributed by atoms with Crippen LogP contribution in [-0.2, 0) is 4.79 Å². The molecule has 0 saturated heterocycles. The number of carbonyl (C=O) groups is 1. The van der Waals surface area contributed by atoms with Crippen molar-refractivity contribution in [2.24, 2.45) is 5.92 Å². The maximum Gasteiger partial charge on any atom is 0.308 e. The van der Waals surface area contributed by atoms with Crippen LogP contribution in [0.15, 0.2) is 42.5 Å². The number of fused-ring (bicyclic) bond motifs is 3. The number of nitrogens with one attached hydrogen (secondary N) is 1. The molecule has 3 atom stereocenters. The predicted octanol–water partition coefficient (Wildman–Crippen LogP) is 4.66. The van der Waals surface area contributed by atoms with Crippen molar-refractivity contribution in [2.75, 3.05) is 12.4 Å². The Bertz CT molecular complexity index is 1030. The number of nitrogens with zero attached hydrogens (tertiary/aromatic N) is 1. The number of hydrogen-bond donors (Lipinski definition) is 1. The lowest BCUT2D eigenvalue weighted by atomic mass is 9.75. The molecular formula is C22H22N2O5. The van der Waals surface area contributed by atoms with Gasteiger partial charge in [-0.15, -0.1) is 0 Å². The van der Waals surface area contributed by atoms with E-state index >= 15 is 0 Å². The Morgan fingerprint density at radius 2 is 2.03 bits per heavy atom. The van der Waals surface area contributed by atoms with E-state index in [1.807, 2.05) is 19.1 Å². The highest BCUT2D eigenvalue weighted by Gasteiger charge is 2.42. The van der Waals surface area contributed by atoms with Gasteiger partial charge in [0, 0.05) is 24.6 Å². The van der Waals surface area contributed by atoms with Crippen molar-refractivity contribution in [1.29, 1.82) is 0 Å². The number of rotatable bonds is 4. The topological polar surface area (TPSA) is 90.7 Å². The Morgan fingerprint density at radius 1 is 1.24 bits per heavy atom. The molecule has 1 heterocycles. The SMILES string of the molecule is COc1cc(C2Nc3c(C)ccc([N+](=O)[O-])c3C3C=CCC32)ccc1OC(C)=O. The molecule has 1 aliphatic heterocycles. The number of anilines is 1. The van der Waals surface area contributed by atoms with E-state index in [0.29, 0.717) is 11.5 Å². The van der Waals surface area contributed by atoms with E-state index in [9.17, 15) is 14.9 Å². The molecule has 0 radical (unpaired) electrons. The molecule has 29 heavy (non-hydrogen) atoms. The first-order chi connectivity index (χ1) is 13.9. The van der Waals surface area contributed by atoms with Gasteiger partial charge in [0.25, 0.3) is 5.69 Å². The Morgan fingerprint density at radius 3 is 2.72 bits per heavy atom. The van der Waals surface area contributed by atoms with Gasteiger partial charge in [-0.25, -0.2) is 0 Å². The summed E-state index contributed by atoms with van der Waals surface area (Å²) in [5.74, 6) is 0.545. The number of allylic oxidation sites excluding steroid dienone is 2. The monoisotopic (exact) mass is 394 g/mol. The fraction of sp³-hybridized carbons (Fsp3) is 0.318. The molecule has 1 aliphatic carbocycles. The molecular weight excluding hydrogens is 372 g/mol. The van der Waals surface area contributed by atoms with Crippen LogP contribution in [0.4, 0.5) is 11.4 Å². The minimum absolute atomic E-state index is 0.0318. The van der Waals surface area contributed by atoms with E-state index in [1.165, 1.54) is 14.0 Å². The highest BCUT2D eigenvalue weighted by molar-refractivity contribution is 5.72. The number of aryl methyl sites for hydroxylation is 1. The average Bonchev–Trinajstić information content (AvgIpc) is 3.17. The van der Waals surface area contributed by atoms with E-state index < -0.39 is 5.97 Å². The number of esters is 1. The third-order valence-electron chi connectivity index (χ3n) is 5.70. The standard InChI is InChI=1S/C22H22N2O5/c1-12-7-9-17(24(26)27)20-15-5-4-6-16(15)22(23-21(12)20)14-8-10-18(29-13(2)25)19(11-14)28-3/h4-5,7-11,15-16,22-23H,6H2,1-3H3. The summed E-state index contributed by atoms with van der Waals surface area (Å²) < 4.78 is 10.6. The van der Waals surface area contributed by atoms with Crippen molar-refractivity contribution in [3.63, 3.8) is 0 Å². The molecule has 2 aromatic rings. The molecule has 7 nitrogen and oxygen atoms in total. The predicted molar refractivity (Wildman–Crippen MR) is 108 cm³/mol. The van der Waals surface area contributed by atoms with Gasteiger partial charge in [0.1, 0.15) is 0 Å². The second-order valence-corrected chi connectivity index (χ2v) is 7.43. The molecule has 0 fully saturated rings. The average molecular weight is 394 g/mol. The molecule has 4 rings (SSSR count). The minimum Gasteiger partial charge on any atom is -0.493 e. The van der Waals surface area contributed by atoms with Crippen LogP contribution in [0.25, 0.3) is 0 Å². The van der Waals surface area contributed by atoms with Crippen LogP contribution in [0.2, 0.25) is 0 Å². The zero-order valence-corrected chi connectivity index (χ0v) is 16.5. The van der Waals surface area contributed by atoms with E-state index in [0.717, 1.165) is 28.8 Å². The Balaban J connectivity index is 1.79. The minimum atomic E-state index is -0.413. The van der Waals surface area contributed by atoms with E-state index in [-0.39, 0.29) is 28.5 Å². The summed E-state index contributed by atoms with van der Waals surface area (Å²) in [6.45, 7) is 3.30. The maximum absolute atomic E-state index is 11.6.